The van der Waals surface area contributed by atoms with Crippen LogP contribution in [0, 0.1) is 0 Å². The molecule has 0 aliphatic rings. The number of aromatic nitrogens is 1. The minimum Gasteiger partial charge on any atom is -0.346 e. The molecule has 0 fully saturated rings. The standard InChI is InChI=1S/C11H9ClN2OS/c12-9-4-2-1-3-8(9)7-14-10(15)11-13-5-6-16-11/h1-6H,7H2,(H,14,15). The van der Waals surface area contributed by atoms with Gasteiger partial charge in [0.25, 0.3) is 5.91 Å². The van der Waals surface area contributed by atoms with Crippen molar-refractivity contribution in [2.24, 2.45) is 0 Å². The Hall–Kier alpha value is -1.39. The van der Waals surface area contributed by atoms with E-state index in [-0.39, 0.29) is 5.91 Å². The van der Waals surface area contributed by atoms with Gasteiger partial charge in [0.1, 0.15) is 0 Å². The Morgan fingerprint density at radius 1 is 1.44 bits per heavy atom. The van der Waals surface area contributed by atoms with Gasteiger partial charge >= 0.3 is 0 Å². The fraction of sp³-hybridized carbons (Fsp3) is 0.0909. The summed E-state index contributed by atoms with van der Waals surface area (Å²) in [7, 11) is 0. The maximum atomic E-state index is 11.6. The van der Waals surface area contributed by atoms with Crippen molar-refractivity contribution in [1.82, 2.24) is 10.3 Å². The van der Waals surface area contributed by atoms with Gasteiger partial charge in [-0.1, -0.05) is 29.8 Å². The molecule has 0 spiro atoms. The van der Waals surface area contributed by atoms with Crippen molar-refractivity contribution in [1.29, 1.82) is 0 Å². The molecule has 0 aliphatic carbocycles. The van der Waals surface area contributed by atoms with E-state index in [1.54, 1.807) is 17.6 Å². The Morgan fingerprint density at radius 3 is 2.94 bits per heavy atom. The van der Waals surface area contributed by atoms with Crippen LogP contribution in [0.3, 0.4) is 0 Å². The third-order valence-electron chi connectivity index (χ3n) is 2.02. The fourth-order valence-electron chi connectivity index (χ4n) is 1.23. The van der Waals surface area contributed by atoms with E-state index in [4.69, 9.17) is 11.6 Å². The average Bonchev–Trinajstić information content (AvgIpc) is 2.81. The highest BCUT2D eigenvalue weighted by molar-refractivity contribution is 7.11. The van der Waals surface area contributed by atoms with Crippen molar-refractivity contribution in [2.75, 3.05) is 0 Å². The molecule has 2 aromatic rings. The summed E-state index contributed by atoms with van der Waals surface area (Å²) in [6.07, 6.45) is 1.61. The molecule has 1 N–H and O–H groups in total. The van der Waals surface area contributed by atoms with Crippen LogP contribution in [-0.2, 0) is 6.54 Å². The summed E-state index contributed by atoms with van der Waals surface area (Å²) in [5, 5.41) is 5.65. The van der Waals surface area contributed by atoms with Crippen molar-refractivity contribution in [3.8, 4) is 0 Å². The zero-order chi connectivity index (χ0) is 11.4. The highest BCUT2D eigenvalue weighted by Crippen LogP contribution is 2.14. The van der Waals surface area contributed by atoms with Gasteiger partial charge in [-0.05, 0) is 11.6 Å². The van der Waals surface area contributed by atoms with Crippen LogP contribution in [0.2, 0.25) is 5.02 Å². The van der Waals surface area contributed by atoms with Crippen LogP contribution < -0.4 is 5.32 Å². The molecule has 0 bridgehead atoms. The first-order valence-corrected chi connectivity index (χ1v) is 5.94. The normalized spacial score (nSPS) is 10.1. The van der Waals surface area contributed by atoms with Crippen molar-refractivity contribution >= 4 is 28.8 Å². The molecule has 2 rings (SSSR count). The predicted octanol–water partition coefficient (Wildman–Crippen LogP) is 2.73. The predicted molar refractivity (Wildman–Crippen MR) is 64.7 cm³/mol. The number of thiazole rings is 1. The third kappa shape index (κ3) is 2.59. The number of hydrogen-bond donors (Lipinski definition) is 1. The molecule has 1 heterocycles. The minimum atomic E-state index is -0.171. The smallest absolute Gasteiger partial charge is 0.280 e. The molecule has 3 nitrogen and oxygen atoms in total. The van der Waals surface area contributed by atoms with E-state index in [2.05, 4.69) is 10.3 Å². The Labute approximate surface area is 102 Å². The first-order chi connectivity index (χ1) is 7.77. The highest BCUT2D eigenvalue weighted by atomic mass is 35.5. The van der Waals surface area contributed by atoms with Gasteiger partial charge in [-0.25, -0.2) is 4.98 Å². The van der Waals surface area contributed by atoms with Crippen LogP contribution >= 0.6 is 22.9 Å². The fourth-order valence-corrected chi connectivity index (χ4v) is 1.98. The molecule has 82 valence electrons. The summed E-state index contributed by atoms with van der Waals surface area (Å²) in [6, 6.07) is 7.42. The van der Waals surface area contributed by atoms with Gasteiger partial charge < -0.3 is 5.32 Å². The number of benzene rings is 1. The second kappa shape index (κ2) is 5.09. The number of rotatable bonds is 3. The lowest BCUT2D eigenvalue weighted by atomic mass is 10.2. The molecule has 0 saturated carbocycles. The molecular formula is C11H9ClN2OS. The second-order valence-corrected chi connectivity index (χ2v) is 4.41. The number of nitrogens with zero attached hydrogens (tertiary/aromatic N) is 1. The van der Waals surface area contributed by atoms with Crippen LogP contribution in [0.15, 0.2) is 35.8 Å². The quantitative estimate of drug-likeness (QED) is 0.913. The first kappa shape index (κ1) is 11.1. The van der Waals surface area contributed by atoms with Gasteiger partial charge in [-0.2, -0.15) is 0 Å². The molecule has 1 aromatic heterocycles. The maximum Gasteiger partial charge on any atom is 0.280 e. The molecule has 0 radical (unpaired) electrons. The Kier molecular flexibility index (Phi) is 3.54. The summed E-state index contributed by atoms with van der Waals surface area (Å²) in [5.41, 5.74) is 0.897. The lowest BCUT2D eigenvalue weighted by Crippen LogP contribution is -2.22. The molecule has 1 amide bonds. The molecule has 16 heavy (non-hydrogen) atoms. The summed E-state index contributed by atoms with van der Waals surface area (Å²) < 4.78 is 0. The maximum absolute atomic E-state index is 11.6. The van der Waals surface area contributed by atoms with Crippen LogP contribution in [0.25, 0.3) is 0 Å². The van der Waals surface area contributed by atoms with Crippen molar-refractivity contribution in [3.63, 3.8) is 0 Å². The van der Waals surface area contributed by atoms with Crippen molar-refractivity contribution in [3.05, 3.63) is 51.4 Å². The summed E-state index contributed by atoms with van der Waals surface area (Å²) in [5.74, 6) is -0.171. The Morgan fingerprint density at radius 2 is 2.25 bits per heavy atom. The van der Waals surface area contributed by atoms with Crippen LogP contribution in [0.4, 0.5) is 0 Å². The van der Waals surface area contributed by atoms with Gasteiger partial charge in [-0.15, -0.1) is 11.3 Å². The van der Waals surface area contributed by atoms with E-state index >= 15 is 0 Å². The molecule has 5 heteroatoms. The lowest BCUT2D eigenvalue weighted by molar-refractivity contribution is 0.0950. The van der Waals surface area contributed by atoms with E-state index < -0.39 is 0 Å². The number of carbonyl (C=O) groups is 1. The number of carbonyl (C=O) groups excluding carboxylic acids is 1. The number of nitrogens with one attached hydrogen (secondary N) is 1. The lowest BCUT2D eigenvalue weighted by Gasteiger charge is -2.04. The molecule has 0 saturated heterocycles. The van der Waals surface area contributed by atoms with Gasteiger partial charge in [0, 0.05) is 23.1 Å². The van der Waals surface area contributed by atoms with Crippen molar-refractivity contribution in [2.45, 2.75) is 6.54 Å². The number of halogens is 1. The summed E-state index contributed by atoms with van der Waals surface area (Å²) >= 11 is 7.28. The number of hydrogen-bond acceptors (Lipinski definition) is 3. The number of amides is 1. The van der Waals surface area contributed by atoms with E-state index in [1.807, 2.05) is 18.2 Å². The van der Waals surface area contributed by atoms with Gasteiger partial charge in [-0.3, -0.25) is 4.79 Å². The largest absolute Gasteiger partial charge is 0.346 e. The zero-order valence-corrected chi connectivity index (χ0v) is 9.89. The van der Waals surface area contributed by atoms with Crippen LogP contribution in [0.1, 0.15) is 15.4 Å². The first-order valence-electron chi connectivity index (χ1n) is 4.68. The summed E-state index contributed by atoms with van der Waals surface area (Å²) in [4.78, 5) is 15.5. The molecule has 0 atom stereocenters. The van der Waals surface area contributed by atoms with Crippen molar-refractivity contribution < 1.29 is 4.79 Å². The molecular weight excluding hydrogens is 244 g/mol. The Bertz CT molecular complexity index is 484. The van der Waals surface area contributed by atoms with Crippen LogP contribution in [0.5, 0.6) is 0 Å². The van der Waals surface area contributed by atoms with E-state index in [1.165, 1.54) is 11.3 Å². The molecule has 0 aliphatic heterocycles. The highest BCUT2D eigenvalue weighted by Gasteiger charge is 2.08. The molecule has 1 aromatic carbocycles. The average molecular weight is 253 g/mol. The van der Waals surface area contributed by atoms with E-state index in [0.29, 0.717) is 16.6 Å². The van der Waals surface area contributed by atoms with Crippen LogP contribution in [-0.4, -0.2) is 10.9 Å². The second-order valence-electron chi connectivity index (χ2n) is 3.11. The third-order valence-corrected chi connectivity index (χ3v) is 3.16. The van der Waals surface area contributed by atoms with Gasteiger partial charge in [0.05, 0.1) is 0 Å². The molecule has 0 unspecified atom stereocenters. The monoisotopic (exact) mass is 252 g/mol. The van der Waals surface area contributed by atoms with Gasteiger partial charge in [0.15, 0.2) is 5.01 Å². The summed E-state index contributed by atoms with van der Waals surface area (Å²) in [6.45, 7) is 0.415. The topological polar surface area (TPSA) is 42.0 Å². The Balaban J connectivity index is 1.98. The minimum absolute atomic E-state index is 0.171. The SMILES string of the molecule is O=C(NCc1ccccc1Cl)c1nccs1. The van der Waals surface area contributed by atoms with E-state index in [0.717, 1.165) is 5.56 Å². The van der Waals surface area contributed by atoms with Gasteiger partial charge in [0.2, 0.25) is 0 Å². The zero-order valence-electron chi connectivity index (χ0n) is 8.31. The van der Waals surface area contributed by atoms with E-state index in [9.17, 15) is 4.79 Å².